The third-order valence-electron chi connectivity index (χ3n) is 4.01. The van der Waals surface area contributed by atoms with Crippen molar-refractivity contribution in [3.8, 4) is 0 Å². The summed E-state index contributed by atoms with van der Waals surface area (Å²) in [5.74, 6) is 1.29. The molecule has 1 atom stereocenters. The van der Waals surface area contributed by atoms with E-state index in [9.17, 15) is 0 Å². The second kappa shape index (κ2) is 5.90. The highest BCUT2D eigenvalue weighted by molar-refractivity contribution is 7.09. The van der Waals surface area contributed by atoms with Crippen molar-refractivity contribution < 1.29 is 4.74 Å². The summed E-state index contributed by atoms with van der Waals surface area (Å²) in [6, 6.07) is 0.810. The Morgan fingerprint density at radius 1 is 1.42 bits per heavy atom. The number of hydrogen-bond acceptors (Lipinski definition) is 4. The van der Waals surface area contributed by atoms with E-state index in [4.69, 9.17) is 9.72 Å². The molecule has 1 saturated heterocycles. The molecule has 0 N–H and O–H groups in total. The third kappa shape index (κ3) is 3.56. The predicted octanol–water partition coefficient (Wildman–Crippen LogP) is 3.27. The lowest BCUT2D eigenvalue weighted by atomic mass is 10.1. The van der Waals surface area contributed by atoms with Crippen LogP contribution in [0.1, 0.15) is 49.7 Å². The van der Waals surface area contributed by atoms with Crippen molar-refractivity contribution >= 4 is 11.3 Å². The van der Waals surface area contributed by atoms with Gasteiger partial charge in [0.1, 0.15) is 0 Å². The zero-order valence-corrected chi connectivity index (χ0v) is 12.8. The molecule has 1 aliphatic carbocycles. The van der Waals surface area contributed by atoms with Gasteiger partial charge in [0, 0.05) is 37.0 Å². The molecule has 4 heteroatoms. The Kier molecular flexibility index (Phi) is 4.20. The molecule has 106 valence electrons. The van der Waals surface area contributed by atoms with Gasteiger partial charge in [0.05, 0.1) is 17.3 Å². The van der Waals surface area contributed by atoms with E-state index in [1.165, 1.54) is 36.5 Å². The van der Waals surface area contributed by atoms with Crippen molar-refractivity contribution in [1.82, 2.24) is 9.88 Å². The van der Waals surface area contributed by atoms with Crippen molar-refractivity contribution in [2.45, 2.75) is 51.6 Å². The van der Waals surface area contributed by atoms with Gasteiger partial charge in [0.2, 0.25) is 0 Å². The Morgan fingerprint density at radius 3 is 2.84 bits per heavy atom. The van der Waals surface area contributed by atoms with Crippen molar-refractivity contribution in [3.63, 3.8) is 0 Å². The molecule has 2 aliphatic rings. The Labute approximate surface area is 120 Å². The van der Waals surface area contributed by atoms with E-state index in [0.29, 0.717) is 5.92 Å². The van der Waals surface area contributed by atoms with E-state index >= 15 is 0 Å². The Morgan fingerprint density at radius 2 is 2.26 bits per heavy atom. The molecule has 2 heterocycles. The lowest BCUT2D eigenvalue weighted by molar-refractivity contribution is 0.161. The first-order valence-corrected chi connectivity index (χ1v) is 8.36. The number of rotatable bonds is 6. The highest BCUT2D eigenvalue weighted by atomic mass is 32.1. The molecule has 1 aromatic heterocycles. The van der Waals surface area contributed by atoms with E-state index in [1.54, 1.807) is 0 Å². The summed E-state index contributed by atoms with van der Waals surface area (Å²) < 4.78 is 5.50. The Balaban J connectivity index is 1.60. The van der Waals surface area contributed by atoms with E-state index in [1.807, 2.05) is 11.3 Å². The molecule has 0 amide bonds. The molecule has 1 unspecified atom stereocenters. The molecule has 0 aromatic carbocycles. The Hall–Kier alpha value is -0.450. The molecule has 1 aromatic rings. The fraction of sp³-hybridized carbons (Fsp3) is 0.800. The first-order chi connectivity index (χ1) is 9.22. The van der Waals surface area contributed by atoms with Crippen LogP contribution in [0.2, 0.25) is 0 Å². The monoisotopic (exact) mass is 280 g/mol. The van der Waals surface area contributed by atoms with Gasteiger partial charge in [-0.2, -0.15) is 0 Å². The van der Waals surface area contributed by atoms with E-state index in [2.05, 4.69) is 24.1 Å². The quantitative estimate of drug-likeness (QED) is 0.799. The van der Waals surface area contributed by atoms with Gasteiger partial charge in [-0.15, -0.1) is 11.3 Å². The minimum atomic E-state index is 0.552. The van der Waals surface area contributed by atoms with Gasteiger partial charge in [0.15, 0.2) is 0 Å². The van der Waals surface area contributed by atoms with Crippen molar-refractivity contribution in [1.29, 1.82) is 0 Å². The summed E-state index contributed by atoms with van der Waals surface area (Å²) in [4.78, 5) is 7.42. The third-order valence-corrected chi connectivity index (χ3v) is 5.20. The van der Waals surface area contributed by atoms with Gasteiger partial charge < -0.3 is 4.74 Å². The van der Waals surface area contributed by atoms with E-state index in [0.717, 1.165) is 31.7 Å². The van der Waals surface area contributed by atoms with Crippen LogP contribution in [-0.2, 0) is 11.3 Å². The van der Waals surface area contributed by atoms with Gasteiger partial charge in [-0.05, 0) is 25.2 Å². The first kappa shape index (κ1) is 13.5. The van der Waals surface area contributed by atoms with Crippen molar-refractivity contribution in [3.05, 3.63) is 16.1 Å². The molecule has 1 saturated carbocycles. The van der Waals surface area contributed by atoms with Gasteiger partial charge in [-0.1, -0.05) is 13.8 Å². The molecule has 0 radical (unpaired) electrons. The summed E-state index contributed by atoms with van der Waals surface area (Å²) >= 11 is 1.81. The summed E-state index contributed by atoms with van der Waals surface area (Å²) in [6.45, 7) is 8.58. The van der Waals surface area contributed by atoms with E-state index < -0.39 is 0 Å². The van der Waals surface area contributed by atoms with Crippen LogP contribution in [-0.4, -0.2) is 35.7 Å². The highest BCUT2D eigenvalue weighted by Crippen LogP contribution is 2.31. The fourth-order valence-corrected chi connectivity index (χ4v) is 3.54. The van der Waals surface area contributed by atoms with Crippen LogP contribution < -0.4 is 0 Å². The van der Waals surface area contributed by atoms with Gasteiger partial charge in [-0.3, -0.25) is 4.90 Å². The maximum Gasteiger partial charge on any atom is 0.0954 e. The molecule has 0 bridgehead atoms. The minimum absolute atomic E-state index is 0.552. The maximum absolute atomic E-state index is 5.50. The zero-order valence-electron chi connectivity index (χ0n) is 12.0. The molecule has 2 fully saturated rings. The van der Waals surface area contributed by atoms with Crippen LogP contribution >= 0.6 is 11.3 Å². The SMILES string of the molecule is CC(C)c1nc(CN(CC2CCOC2)C2CC2)cs1. The van der Waals surface area contributed by atoms with Gasteiger partial charge in [-0.25, -0.2) is 4.98 Å². The van der Waals surface area contributed by atoms with Crippen molar-refractivity contribution in [2.75, 3.05) is 19.8 Å². The number of hydrogen-bond donors (Lipinski definition) is 0. The fourth-order valence-electron chi connectivity index (χ4n) is 2.71. The second-order valence-corrected chi connectivity index (χ2v) is 7.11. The van der Waals surface area contributed by atoms with Crippen LogP contribution in [0.4, 0.5) is 0 Å². The maximum atomic E-state index is 5.50. The van der Waals surface area contributed by atoms with Crippen LogP contribution in [0.15, 0.2) is 5.38 Å². The smallest absolute Gasteiger partial charge is 0.0954 e. The number of ether oxygens (including phenoxy) is 1. The summed E-state index contributed by atoms with van der Waals surface area (Å²) in [6.07, 6.45) is 3.97. The standard InChI is InChI=1S/C15H24N2OS/c1-11(2)15-16-13(10-19-15)8-17(14-3-4-14)7-12-5-6-18-9-12/h10-12,14H,3-9H2,1-2H3. The largest absolute Gasteiger partial charge is 0.381 e. The molecular formula is C15H24N2OS. The normalized spacial score (nSPS) is 23.7. The van der Waals surface area contributed by atoms with Crippen molar-refractivity contribution in [2.24, 2.45) is 5.92 Å². The van der Waals surface area contributed by atoms with Crippen LogP contribution in [0.5, 0.6) is 0 Å². The number of nitrogens with zero attached hydrogens (tertiary/aromatic N) is 2. The summed E-state index contributed by atoms with van der Waals surface area (Å²) in [7, 11) is 0. The predicted molar refractivity (Wildman–Crippen MR) is 78.6 cm³/mol. The molecule has 3 rings (SSSR count). The average Bonchev–Trinajstić information content (AvgIpc) is 2.90. The topological polar surface area (TPSA) is 25.4 Å². The second-order valence-electron chi connectivity index (χ2n) is 6.22. The lowest BCUT2D eigenvalue weighted by Gasteiger charge is -2.23. The zero-order chi connectivity index (χ0) is 13.2. The van der Waals surface area contributed by atoms with Crippen LogP contribution in [0.25, 0.3) is 0 Å². The first-order valence-electron chi connectivity index (χ1n) is 7.48. The van der Waals surface area contributed by atoms with Gasteiger partial charge >= 0.3 is 0 Å². The van der Waals surface area contributed by atoms with Gasteiger partial charge in [0.25, 0.3) is 0 Å². The molecule has 19 heavy (non-hydrogen) atoms. The van der Waals surface area contributed by atoms with Crippen LogP contribution in [0, 0.1) is 5.92 Å². The van der Waals surface area contributed by atoms with Crippen LogP contribution in [0.3, 0.4) is 0 Å². The molecule has 0 spiro atoms. The average molecular weight is 280 g/mol. The van der Waals surface area contributed by atoms with E-state index in [-0.39, 0.29) is 0 Å². The molecular weight excluding hydrogens is 256 g/mol. The summed E-state index contributed by atoms with van der Waals surface area (Å²) in [5.41, 5.74) is 1.26. The lowest BCUT2D eigenvalue weighted by Crippen LogP contribution is -2.31. The minimum Gasteiger partial charge on any atom is -0.381 e. The highest BCUT2D eigenvalue weighted by Gasteiger charge is 2.32. The summed E-state index contributed by atoms with van der Waals surface area (Å²) in [5, 5.41) is 3.52. The number of thiazole rings is 1. The molecule has 1 aliphatic heterocycles. The number of aromatic nitrogens is 1. The molecule has 3 nitrogen and oxygen atoms in total. The Bertz CT molecular complexity index is 408.